The summed E-state index contributed by atoms with van der Waals surface area (Å²) < 4.78 is 133. The van der Waals surface area contributed by atoms with E-state index in [1.54, 1.807) is 20.8 Å². The van der Waals surface area contributed by atoms with Crippen LogP contribution in [0.1, 0.15) is 90.1 Å². The third-order valence-corrected chi connectivity index (χ3v) is 18.7. The van der Waals surface area contributed by atoms with Crippen molar-refractivity contribution in [2.45, 2.75) is 255 Å². The molecular formula is C77H97NO26. The molecule has 11 rings (SSSR count). The number of fused-ring (bicyclic) bond motifs is 1. The Labute approximate surface area is 605 Å². The maximum Gasteiger partial charge on any atom is 0.303 e. The molecule has 27 heteroatoms. The molecule has 27 nitrogen and oxygen atoms in total. The Balaban J connectivity index is 0.982. The highest BCUT2D eigenvalue weighted by atomic mass is 16.8. The highest BCUT2D eigenvalue weighted by molar-refractivity contribution is 5.73. The Morgan fingerprint density at radius 3 is 1.38 bits per heavy atom. The molecule has 6 fully saturated rings. The van der Waals surface area contributed by atoms with Crippen LogP contribution < -0.4 is 5.32 Å². The minimum Gasteiger partial charge on any atom is -0.456 e. The average molecular weight is 1450 g/mol. The fourth-order valence-corrected chi connectivity index (χ4v) is 13.8. The number of hydrogen-bond acceptors (Lipinski definition) is 26. The smallest absolute Gasteiger partial charge is 0.303 e. The summed E-state index contributed by atoms with van der Waals surface area (Å²) in [4.78, 5) is 52.1. The van der Waals surface area contributed by atoms with Crippen LogP contribution in [0.4, 0.5) is 0 Å². The molecule has 0 unspecified atom stereocenters. The van der Waals surface area contributed by atoms with Crippen molar-refractivity contribution >= 4 is 23.8 Å². The molecule has 0 radical (unpaired) electrons. The van der Waals surface area contributed by atoms with E-state index in [1.165, 1.54) is 27.9 Å². The number of carbonyl (C=O) groups excluding carboxylic acids is 4. The van der Waals surface area contributed by atoms with Crippen LogP contribution in [-0.2, 0) is 147 Å². The van der Waals surface area contributed by atoms with Crippen LogP contribution >= 0.6 is 0 Å². The van der Waals surface area contributed by atoms with Crippen molar-refractivity contribution in [3.05, 3.63) is 179 Å². The number of esters is 3. The summed E-state index contributed by atoms with van der Waals surface area (Å²) in [6.45, 7) is 13.2. The van der Waals surface area contributed by atoms with E-state index in [9.17, 15) is 29.4 Å². The molecule has 6 aliphatic heterocycles. The fourth-order valence-electron chi connectivity index (χ4n) is 13.8. The topological polar surface area (TPSA) is 305 Å². The quantitative estimate of drug-likeness (QED) is 0.0336. The molecule has 6 saturated heterocycles. The molecule has 1 amide bonds. The first-order valence-corrected chi connectivity index (χ1v) is 35.2. The summed E-state index contributed by atoms with van der Waals surface area (Å²) in [5.41, 5.74) is 4.32. The Kier molecular flexibility index (Phi) is 27.6. The molecule has 566 valence electrons. The van der Waals surface area contributed by atoms with E-state index in [0.717, 1.165) is 48.6 Å². The lowest BCUT2D eigenvalue weighted by Crippen LogP contribution is -2.72. The van der Waals surface area contributed by atoms with Crippen LogP contribution in [0.2, 0.25) is 0 Å². The predicted molar refractivity (Wildman–Crippen MR) is 364 cm³/mol. The number of carbonyl (C=O) groups is 4. The largest absolute Gasteiger partial charge is 0.456 e. The van der Waals surface area contributed by atoms with Gasteiger partial charge in [-0.25, -0.2) is 0 Å². The number of aliphatic hydroxyl groups excluding tert-OH is 2. The SMILES string of the molecule is CO[C@@H]1O[C@@H](C)[C@H](OCc2ccccc2)[C@@H](O[C@H]2O[C@H](COCc3ccccc3)[C@@H](OCc3ccccc3)[C@H](OCc3ccccc3)[C@H]2OCc2ccccc2)[C@H]1O[C@@H]1O[C@@H](C)[C@H](O)[C@@H](O)[C@H]1O[C@@H]1O[C@@H]2COC(C)(C)O[C@H]2[C@H](O[C@@H]2O[C@@H](C)[C@H](OC(C)=O)[C@@H](OC(C)=O)[C@H]2OC(C)=O)[C@H]1NC(C)=O. The molecule has 0 aromatic heterocycles. The molecule has 6 heterocycles. The van der Waals surface area contributed by atoms with Crippen molar-refractivity contribution in [2.75, 3.05) is 20.3 Å². The third-order valence-electron chi connectivity index (χ3n) is 18.7. The lowest BCUT2D eigenvalue weighted by molar-refractivity contribution is -0.417. The highest BCUT2D eigenvalue weighted by Gasteiger charge is 2.61. The van der Waals surface area contributed by atoms with Crippen molar-refractivity contribution in [2.24, 2.45) is 0 Å². The van der Waals surface area contributed by atoms with E-state index in [2.05, 4.69) is 5.32 Å². The zero-order valence-corrected chi connectivity index (χ0v) is 60.0. The molecule has 6 aliphatic rings. The minimum absolute atomic E-state index is 0.0201. The van der Waals surface area contributed by atoms with Gasteiger partial charge in [0.2, 0.25) is 5.91 Å². The van der Waals surface area contributed by atoms with Gasteiger partial charge in [0.15, 0.2) is 55.5 Å². The van der Waals surface area contributed by atoms with Crippen molar-refractivity contribution in [3.63, 3.8) is 0 Å². The summed E-state index contributed by atoms with van der Waals surface area (Å²) in [7, 11) is 1.42. The van der Waals surface area contributed by atoms with Gasteiger partial charge in [0.1, 0.15) is 85.4 Å². The van der Waals surface area contributed by atoms with Crippen molar-refractivity contribution in [3.8, 4) is 0 Å². The number of methoxy groups -OCH3 is 1. The number of benzene rings is 5. The molecular weight excluding hydrogens is 1350 g/mol. The second kappa shape index (κ2) is 36.7. The van der Waals surface area contributed by atoms with Gasteiger partial charge in [0.25, 0.3) is 0 Å². The molecule has 0 saturated carbocycles. The summed E-state index contributed by atoms with van der Waals surface area (Å²) in [6, 6.07) is 46.8. The molecule has 5 aromatic rings. The van der Waals surface area contributed by atoms with E-state index in [1.807, 2.05) is 152 Å². The van der Waals surface area contributed by atoms with E-state index in [0.29, 0.717) is 0 Å². The van der Waals surface area contributed by atoms with Crippen molar-refractivity contribution in [1.29, 1.82) is 0 Å². The van der Waals surface area contributed by atoms with Gasteiger partial charge in [-0.3, -0.25) is 19.2 Å². The van der Waals surface area contributed by atoms with Crippen LogP contribution in [0.3, 0.4) is 0 Å². The Morgan fingerprint density at radius 2 is 0.856 bits per heavy atom. The standard InChI is InChI=1S/C77H97NO26/c1-43-58(83)59(84)65(101-72-57(78-46(4)79)64(63-56(98-72)42-91-77(8,9)104-63)100-76-71(97-49(7)82)68(96-48(6)81)61(45(3)94-76)95-47(5)80)74(92-43)103-70-67(60(44(2)93-73(70)85-10)87-37-51-28-18-12-19-29-51)102-75-69(90-40-54-34-24-15-25-35-54)66(89-39-53-32-22-14-23-33-53)62(88-38-52-30-20-13-21-31-52)55(99-75)41-86-36-50-26-16-11-17-27-50/h11-35,43-45,55-76,83-84H,36-42H2,1-10H3,(H,78,79)/t43-,44-,45-,55+,56+,57+,58-,59+,60-,61-,62+,63+,64+,65+,66-,67+,68+,69+,70+,71+,72-,73+,74-,75+,76-/m0/s1. The lowest BCUT2D eigenvalue weighted by atomic mass is 9.93. The predicted octanol–water partition coefficient (Wildman–Crippen LogP) is 6.59. The van der Waals surface area contributed by atoms with Crippen LogP contribution in [0.15, 0.2) is 152 Å². The van der Waals surface area contributed by atoms with Gasteiger partial charge in [-0.05, 0) is 62.4 Å². The Hall–Kier alpha value is -6.78. The second-order valence-electron chi connectivity index (χ2n) is 27.1. The first-order chi connectivity index (χ1) is 50.1. The molecule has 0 spiro atoms. The van der Waals surface area contributed by atoms with Gasteiger partial charge in [-0.15, -0.1) is 0 Å². The van der Waals surface area contributed by atoms with E-state index in [-0.39, 0.29) is 46.2 Å². The number of hydrogen-bond donors (Lipinski definition) is 3. The van der Waals surface area contributed by atoms with Gasteiger partial charge in [-0.1, -0.05) is 152 Å². The van der Waals surface area contributed by atoms with Crippen LogP contribution in [0.5, 0.6) is 0 Å². The fraction of sp³-hybridized carbons (Fsp3) is 0.558. The average Bonchev–Trinajstić information content (AvgIpc) is 0.739. The van der Waals surface area contributed by atoms with Crippen LogP contribution in [0.25, 0.3) is 0 Å². The number of aliphatic hydroxyl groups is 2. The normalized spacial score (nSPS) is 34.8. The van der Waals surface area contributed by atoms with Gasteiger partial charge in [-0.2, -0.15) is 0 Å². The third kappa shape index (κ3) is 20.3. The Morgan fingerprint density at radius 1 is 0.433 bits per heavy atom. The van der Waals surface area contributed by atoms with E-state index in [4.69, 9.17) is 94.7 Å². The number of rotatable bonds is 29. The zero-order chi connectivity index (χ0) is 73.6. The Bertz CT molecular complexity index is 3480. The maximum absolute atomic E-state index is 13.7. The molecule has 3 N–H and O–H groups in total. The molecule has 5 aromatic carbocycles. The van der Waals surface area contributed by atoms with Crippen LogP contribution in [-0.4, -0.2) is 214 Å². The van der Waals surface area contributed by atoms with E-state index < -0.39 is 183 Å². The van der Waals surface area contributed by atoms with Gasteiger partial charge < -0.3 is 110 Å². The van der Waals surface area contributed by atoms with Gasteiger partial charge in [0, 0.05) is 34.8 Å². The molecule has 0 aliphatic carbocycles. The van der Waals surface area contributed by atoms with E-state index >= 15 is 0 Å². The van der Waals surface area contributed by atoms with Crippen molar-refractivity contribution < 1.29 is 124 Å². The minimum atomic E-state index is -1.85. The summed E-state index contributed by atoms with van der Waals surface area (Å²) in [6.07, 6.45) is -31.8. The number of nitrogens with one attached hydrogen (secondary N) is 1. The molecule has 104 heavy (non-hydrogen) atoms. The number of ether oxygens (including phenoxy) is 20. The molecule has 25 atom stereocenters. The lowest BCUT2D eigenvalue weighted by Gasteiger charge is -2.54. The second-order valence-corrected chi connectivity index (χ2v) is 27.1. The zero-order valence-electron chi connectivity index (χ0n) is 60.0. The van der Waals surface area contributed by atoms with Crippen molar-refractivity contribution in [1.82, 2.24) is 5.32 Å². The number of amides is 1. The first-order valence-electron chi connectivity index (χ1n) is 35.2. The van der Waals surface area contributed by atoms with Gasteiger partial charge >= 0.3 is 17.9 Å². The monoisotopic (exact) mass is 1450 g/mol. The van der Waals surface area contributed by atoms with Crippen LogP contribution in [0, 0.1) is 0 Å². The maximum atomic E-state index is 13.7. The summed E-state index contributed by atoms with van der Waals surface area (Å²) in [5.74, 6) is -4.34. The summed E-state index contributed by atoms with van der Waals surface area (Å²) in [5, 5.41) is 27.4. The molecule has 0 bridgehead atoms. The first kappa shape index (κ1) is 78.3. The summed E-state index contributed by atoms with van der Waals surface area (Å²) >= 11 is 0. The van der Waals surface area contributed by atoms with Gasteiger partial charge in [0.05, 0.1) is 64.6 Å². The highest BCUT2D eigenvalue weighted by Crippen LogP contribution is 2.42.